The average molecular weight is 261 g/mol. The molecule has 0 aliphatic rings. The molecule has 0 saturated heterocycles. The fourth-order valence-electron chi connectivity index (χ4n) is 1.09. The zero-order valence-electron chi connectivity index (χ0n) is 7.18. The summed E-state index contributed by atoms with van der Waals surface area (Å²) >= 11 is 3.13. The number of nitro benzene ring substituents is 1. The van der Waals surface area contributed by atoms with Crippen molar-refractivity contribution < 1.29 is 10.0 Å². The van der Waals surface area contributed by atoms with E-state index in [0.29, 0.717) is 10.0 Å². The third kappa shape index (κ3) is 2.28. The van der Waals surface area contributed by atoms with Gasteiger partial charge in [0.05, 0.1) is 17.6 Å². The fourth-order valence-corrected chi connectivity index (χ4v) is 1.44. The summed E-state index contributed by atoms with van der Waals surface area (Å²) in [5.41, 5.74) is 5.76. The van der Waals surface area contributed by atoms with Gasteiger partial charge in [0.15, 0.2) is 0 Å². The molecule has 1 aromatic carbocycles. The molecular weight excluding hydrogens is 252 g/mol. The topological polar surface area (TPSA) is 89.4 Å². The lowest BCUT2D eigenvalue weighted by Crippen LogP contribution is -2.16. The van der Waals surface area contributed by atoms with E-state index in [1.165, 1.54) is 12.1 Å². The van der Waals surface area contributed by atoms with Gasteiger partial charge < -0.3 is 10.8 Å². The van der Waals surface area contributed by atoms with Crippen molar-refractivity contribution in [3.63, 3.8) is 0 Å². The molecule has 0 fully saturated rings. The van der Waals surface area contributed by atoms with E-state index in [9.17, 15) is 10.1 Å². The second-order valence-corrected chi connectivity index (χ2v) is 3.66. The van der Waals surface area contributed by atoms with Crippen molar-refractivity contribution in [1.82, 2.24) is 0 Å². The molecule has 1 rings (SSSR count). The maximum absolute atomic E-state index is 10.6. The van der Waals surface area contributed by atoms with Gasteiger partial charge in [0.1, 0.15) is 0 Å². The van der Waals surface area contributed by atoms with Crippen molar-refractivity contribution >= 4 is 21.6 Å². The monoisotopic (exact) mass is 260 g/mol. The van der Waals surface area contributed by atoms with Crippen LogP contribution in [-0.2, 0) is 0 Å². The van der Waals surface area contributed by atoms with Crippen LogP contribution in [0.2, 0.25) is 0 Å². The number of nitrogens with two attached hydrogens (primary N) is 1. The van der Waals surface area contributed by atoms with Crippen LogP contribution in [0.3, 0.4) is 0 Å². The van der Waals surface area contributed by atoms with Crippen molar-refractivity contribution in [2.45, 2.75) is 6.04 Å². The number of aliphatic hydroxyl groups excluding tert-OH is 1. The quantitative estimate of drug-likeness (QED) is 0.634. The van der Waals surface area contributed by atoms with E-state index in [-0.39, 0.29) is 12.3 Å². The van der Waals surface area contributed by atoms with E-state index in [2.05, 4.69) is 15.9 Å². The molecule has 1 aromatic rings. The van der Waals surface area contributed by atoms with Crippen molar-refractivity contribution in [2.24, 2.45) is 5.73 Å². The first-order valence-corrected chi connectivity index (χ1v) is 4.66. The Labute approximate surface area is 88.8 Å². The maximum atomic E-state index is 10.6. The zero-order valence-corrected chi connectivity index (χ0v) is 8.77. The third-order valence-corrected chi connectivity index (χ3v) is 2.28. The van der Waals surface area contributed by atoms with Crippen LogP contribution >= 0.6 is 15.9 Å². The van der Waals surface area contributed by atoms with Crippen molar-refractivity contribution in [1.29, 1.82) is 0 Å². The Kier molecular flexibility index (Phi) is 3.56. The van der Waals surface area contributed by atoms with Gasteiger partial charge in [0.25, 0.3) is 5.69 Å². The summed E-state index contributed by atoms with van der Waals surface area (Å²) in [4.78, 5) is 10.1. The van der Waals surface area contributed by atoms with Gasteiger partial charge in [0, 0.05) is 16.1 Å². The first kappa shape index (κ1) is 11.1. The molecule has 0 bridgehead atoms. The molecule has 0 spiro atoms. The first-order valence-electron chi connectivity index (χ1n) is 3.86. The summed E-state index contributed by atoms with van der Waals surface area (Å²) in [6.07, 6.45) is 0. The number of aliphatic hydroxyl groups is 1. The Morgan fingerprint density at radius 2 is 2.29 bits per heavy atom. The molecular formula is C8H9BrN2O3. The molecule has 6 heteroatoms. The molecule has 0 radical (unpaired) electrons. The van der Waals surface area contributed by atoms with Crippen LogP contribution in [-0.4, -0.2) is 16.6 Å². The van der Waals surface area contributed by atoms with Crippen molar-refractivity contribution in [3.05, 3.63) is 38.3 Å². The van der Waals surface area contributed by atoms with Gasteiger partial charge in [0.2, 0.25) is 0 Å². The predicted octanol–water partition coefficient (Wildman–Crippen LogP) is 1.35. The minimum atomic E-state index is -0.719. The maximum Gasteiger partial charge on any atom is 0.275 e. The molecule has 1 unspecified atom stereocenters. The zero-order chi connectivity index (χ0) is 10.7. The van der Waals surface area contributed by atoms with E-state index in [1.54, 1.807) is 6.07 Å². The van der Waals surface area contributed by atoms with E-state index in [4.69, 9.17) is 10.8 Å². The average Bonchev–Trinajstić information content (AvgIpc) is 2.16. The van der Waals surface area contributed by atoms with Gasteiger partial charge in [-0.1, -0.05) is 15.9 Å². The molecule has 1 atom stereocenters. The third-order valence-electron chi connectivity index (χ3n) is 1.79. The van der Waals surface area contributed by atoms with Gasteiger partial charge in [-0.15, -0.1) is 0 Å². The van der Waals surface area contributed by atoms with Crippen LogP contribution < -0.4 is 5.73 Å². The lowest BCUT2D eigenvalue weighted by molar-refractivity contribution is -0.385. The van der Waals surface area contributed by atoms with Gasteiger partial charge in [-0.2, -0.15) is 0 Å². The SMILES string of the molecule is NC(CO)c1ccc(Br)cc1[N+](=O)[O-]. The van der Waals surface area contributed by atoms with E-state index < -0.39 is 11.0 Å². The van der Waals surface area contributed by atoms with Gasteiger partial charge in [-0.3, -0.25) is 10.1 Å². The number of hydrogen-bond donors (Lipinski definition) is 2. The normalized spacial score (nSPS) is 12.5. The van der Waals surface area contributed by atoms with Crippen LogP contribution in [0.4, 0.5) is 5.69 Å². The van der Waals surface area contributed by atoms with Crippen molar-refractivity contribution in [2.75, 3.05) is 6.61 Å². The Morgan fingerprint density at radius 1 is 1.64 bits per heavy atom. The number of benzene rings is 1. The Hall–Kier alpha value is -0.980. The Balaban J connectivity index is 3.21. The predicted molar refractivity (Wildman–Crippen MR) is 54.8 cm³/mol. The largest absolute Gasteiger partial charge is 0.394 e. The number of hydrogen-bond acceptors (Lipinski definition) is 4. The Bertz CT molecular complexity index is 356. The summed E-state index contributed by atoms with van der Waals surface area (Å²) in [6, 6.07) is 3.83. The molecule has 14 heavy (non-hydrogen) atoms. The second-order valence-electron chi connectivity index (χ2n) is 2.75. The summed E-state index contributed by atoms with van der Waals surface area (Å²) in [7, 11) is 0. The van der Waals surface area contributed by atoms with E-state index in [0.717, 1.165) is 0 Å². The number of nitro groups is 1. The molecule has 0 aliphatic carbocycles. The summed E-state index contributed by atoms with van der Waals surface area (Å²) in [5.74, 6) is 0. The standard InChI is InChI=1S/C8H9BrN2O3/c9-5-1-2-6(7(10)4-12)8(3-5)11(13)14/h1-3,7,12H,4,10H2. The molecule has 0 aromatic heterocycles. The van der Waals surface area contributed by atoms with E-state index >= 15 is 0 Å². The highest BCUT2D eigenvalue weighted by atomic mass is 79.9. The highest BCUT2D eigenvalue weighted by molar-refractivity contribution is 9.10. The molecule has 5 nitrogen and oxygen atoms in total. The highest BCUT2D eigenvalue weighted by Crippen LogP contribution is 2.27. The molecule has 76 valence electrons. The number of nitrogens with zero attached hydrogens (tertiary/aromatic N) is 1. The summed E-state index contributed by atoms with van der Waals surface area (Å²) in [5, 5.41) is 19.4. The highest BCUT2D eigenvalue weighted by Gasteiger charge is 2.18. The van der Waals surface area contributed by atoms with Gasteiger partial charge in [-0.25, -0.2) is 0 Å². The number of halogens is 1. The fraction of sp³-hybridized carbons (Fsp3) is 0.250. The second kappa shape index (κ2) is 4.50. The van der Waals surface area contributed by atoms with Gasteiger partial charge >= 0.3 is 0 Å². The van der Waals surface area contributed by atoms with Crippen LogP contribution in [0.25, 0.3) is 0 Å². The lowest BCUT2D eigenvalue weighted by atomic mass is 10.1. The van der Waals surface area contributed by atoms with Crippen LogP contribution in [0.5, 0.6) is 0 Å². The number of rotatable bonds is 3. The summed E-state index contributed by atoms with van der Waals surface area (Å²) < 4.78 is 0.609. The lowest BCUT2D eigenvalue weighted by Gasteiger charge is -2.08. The molecule has 0 heterocycles. The first-order chi connectivity index (χ1) is 6.56. The van der Waals surface area contributed by atoms with Crippen molar-refractivity contribution in [3.8, 4) is 0 Å². The Morgan fingerprint density at radius 3 is 2.79 bits per heavy atom. The molecule has 0 saturated carbocycles. The van der Waals surface area contributed by atoms with Gasteiger partial charge in [-0.05, 0) is 12.1 Å². The van der Waals surface area contributed by atoms with Crippen LogP contribution in [0, 0.1) is 10.1 Å². The smallest absolute Gasteiger partial charge is 0.275 e. The minimum absolute atomic E-state index is 0.0825. The molecule has 3 N–H and O–H groups in total. The summed E-state index contributed by atoms with van der Waals surface area (Å²) in [6.45, 7) is -0.317. The molecule has 0 amide bonds. The van der Waals surface area contributed by atoms with Crippen LogP contribution in [0.1, 0.15) is 11.6 Å². The minimum Gasteiger partial charge on any atom is -0.394 e. The molecule has 0 aliphatic heterocycles. The van der Waals surface area contributed by atoms with Crippen LogP contribution in [0.15, 0.2) is 22.7 Å². The van der Waals surface area contributed by atoms with E-state index in [1.807, 2.05) is 0 Å².